The highest BCUT2D eigenvalue weighted by molar-refractivity contribution is 5.73. The number of nitrogens with two attached hydrogens (primary N) is 1. The van der Waals surface area contributed by atoms with Crippen molar-refractivity contribution in [3.63, 3.8) is 0 Å². The van der Waals surface area contributed by atoms with Crippen LogP contribution in [0.4, 0.5) is 10.6 Å². The molecule has 8 heteroatoms. The van der Waals surface area contributed by atoms with E-state index in [4.69, 9.17) is 5.73 Å². The molecule has 1 saturated heterocycles. The lowest BCUT2D eigenvalue weighted by Gasteiger charge is -2.15. The second-order valence-corrected chi connectivity index (χ2v) is 8.19. The summed E-state index contributed by atoms with van der Waals surface area (Å²) >= 11 is 0. The molecule has 0 spiro atoms. The van der Waals surface area contributed by atoms with Crippen molar-refractivity contribution in [2.75, 3.05) is 31.9 Å². The van der Waals surface area contributed by atoms with Crippen LogP contribution in [-0.4, -0.2) is 52.9 Å². The Bertz CT molecular complexity index is 914. The standard InChI is InChI=1S/C22H29N7O/c23-13-19-20(27-29(21(19)24)18-5-2-1-3-6-18)7-4-11-25-22(30)26-14-16-10-12-28(15-16)17-8-9-17/h1-3,5-6,16-17H,4,7-12,14-15,24H2,(H2,25,26,30). The van der Waals surface area contributed by atoms with Crippen LogP contribution in [0, 0.1) is 17.2 Å². The lowest BCUT2D eigenvalue weighted by Crippen LogP contribution is -2.39. The molecule has 30 heavy (non-hydrogen) atoms. The number of amides is 2. The number of rotatable bonds is 8. The third kappa shape index (κ3) is 4.74. The van der Waals surface area contributed by atoms with Gasteiger partial charge in [-0.3, -0.25) is 0 Å². The number of hydrogen-bond donors (Lipinski definition) is 3. The van der Waals surface area contributed by atoms with Gasteiger partial charge >= 0.3 is 6.03 Å². The first-order valence-corrected chi connectivity index (χ1v) is 10.7. The zero-order chi connectivity index (χ0) is 20.9. The van der Waals surface area contributed by atoms with E-state index in [1.807, 2.05) is 30.3 Å². The van der Waals surface area contributed by atoms with Gasteiger partial charge in [0.05, 0.1) is 11.4 Å². The Morgan fingerprint density at radius 2 is 2.03 bits per heavy atom. The SMILES string of the molecule is N#Cc1c(CCCNC(=O)NCC2CCN(C3CC3)C2)nn(-c2ccccc2)c1N. The molecule has 1 aromatic carbocycles. The molecule has 2 heterocycles. The third-order valence-corrected chi connectivity index (χ3v) is 5.91. The molecule has 1 aliphatic carbocycles. The summed E-state index contributed by atoms with van der Waals surface area (Å²) in [7, 11) is 0. The molecular formula is C22H29N7O. The molecule has 2 fully saturated rings. The van der Waals surface area contributed by atoms with Gasteiger partial charge in [-0.2, -0.15) is 10.4 Å². The maximum absolute atomic E-state index is 12.1. The number of carbonyl (C=O) groups excluding carboxylic acids is 1. The molecular weight excluding hydrogens is 378 g/mol. The number of nitrogens with zero attached hydrogens (tertiary/aromatic N) is 4. The summed E-state index contributed by atoms with van der Waals surface area (Å²) < 4.78 is 1.60. The highest BCUT2D eigenvalue weighted by Crippen LogP contribution is 2.31. The van der Waals surface area contributed by atoms with Gasteiger partial charge in [-0.1, -0.05) is 18.2 Å². The molecule has 1 atom stereocenters. The Hall–Kier alpha value is -3.05. The smallest absolute Gasteiger partial charge is 0.314 e. The highest BCUT2D eigenvalue weighted by atomic mass is 16.2. The van der Waals surface area contributed by atoms with Crippen molar-refractivity contribution in [3.8, 4) is 11.8 Å². The fraction of sp³-hybridized carbons (Fsp3) is 0.500. The maximum atomic E-state index is 12.1. The molecule has 8 nitrogen and oxygen atoms in total. The number of likely N-dealkylation sites (tertiary alicyclic amines) is 1. The van der Waals surface area contributed by atoms with E-state index >= 15 is 0 Å². The van der Waals surface area contributed by atoms with Crippen molar-refractivity contribution < 1.29 is 4.79 Å². The largest absolute Gasteiger partial charge is 0.382 e. The molecule has 1 unspecified atom stereocenters. The Balaban J connectivity index is 1.21. The molecule has 1 aliphatic heterocycles. The first-order chi connectivity index (χ1) is 14.7. The number of nitrogen functional groups attached to an aromatic ring is 1. The minimum Gasteiger partial charge on any atom is -0.382 e. The molecule has 0 radical (unpaired) electrons. The number of aryl methyl sites for hydroxylation is 1. The van der Waals surface area contributed by atoms with Crippen molar-refractivity contribution >= 4 is 11.8 Å². The van der Waals surface area contributed by atoms with Crippen LogP contribution in [0.25, 0.3) is 5.69 Å². The molecule has 2 aromatic rings. The Morgan fingerprint density at radius 1 is 1.23 bits per heavy atom. The number of urea groups is 1. The predicted molar refractivity (Wildman–Crippen MR) is 115 cm³/mol. The van der Waals surface area contributed by atoms with Gasteiger partial charge in [0.1, 0.15) is 17.5 Å². The summed E-state index contributed by atoms with van der Waals surface area (Å²) in [5, 5.41) is 19.9. The average Bonchev–Trinajstić information content (AvgIpc) is 3.42. The number of aromatic nitrogens is 2. The predicted octanol–water partition coefficient (Wildman–Crippen LogP) is 2.04. The number of hydrogen-bond acceptors (Lipinski definition) is 5. The van der Waals surface area contributed by atoms with Gasteiger partial charge in [0.15, 0.2) is 0 Å². The van der Waals surface area contributed by atoms with E-state index in [1.54, 1.807) is 4.68 Å². The quantitative estimate of drug-likeness (QED) is 0.580. The van der Waals surface area contributed by atoms with Gasteiger partial charge < -0.3 is 21.3 Å². The van der Waals surface area contributed by atoms with Gasteiger partial charge in [0, 0.05) is 25.7 Å². The van der Waals surface area contributed by atoms with E-state index in [1.165, 1.54) is 25.8 Å². The van der Waals surface area contributed by atoms with Crippen LogP contribution in [0.5, 0.6) is 0 Å². The van der Waals surface area contributed by atoms with E-state index in [9.17, 15) is 10.1 Å². The molecule has 1 saturated carbocycles. The maximum Gasteiger partial charge on any atom is 0.314 e. The number of nitrogens with one attached hydrogen (secondary N) is 2. The van der Waals surface area contributed by atoms with Crippen molar-refractivity contribution in [2.45, 2.75) is 38.1 Å². The van der Waals surface area contributed by atoms with Gasteiger partial charge in [0.25, 0.3) is 0 Å². The third-order valence-electron chi connectivity index (χ3n) is 5.91. The van der Waals surface area contributed by atoms with Crippen LogP contribution in [0.15, 0.2) is 30.3 Å². The number of nitriles is 1. The second-order valence-electron chi connectivity index (χ2n) is 8.19. The van der Waals surface area contributed by atoms with Crippen LogP contribution in [0.3, 0.4) is 0 Å². The molecule has 2 amide bonds. The summed E-state index contributed by atoms with van der Waals surface area (Å²) in [5.74, 6) is 0.903. The van der Waals surface area contributed by atoms with E-state index < -0.39 is 0 Å². The molecule has 1 aromatic heterocycles. The zero-order valence-electron chi connectivity index (χ0n) is 17.2. The minimum absolute atomic E-state index is 0.130. The monoisotopic (exact) mass is 407 g/mol. The normalized spacial score (nSPS) is 18.8. The summed E-state index contributed by atoms with van der Waals surface area (Å²) in [6, 6.07) is 12.4. The average molecular weight is 408 g/mol. The Kier molecular flexibility index (Phi) is 6.19. The van der Waals surface area contributed by atoms with Crippen LogP contribution < -0.4 is 16.4 Å². The summed E-state index contributed by atoms with van der Waals surface area (Å²) in [5.41, 5.74) is 8.01. The van der Waals surface area contributed by atoms with Crippen molar-refractivity contribution in [3.05, 3.63) is 41.6 Å². The van der Waals surface area contributed by atoms with Gasteiger partial charge in [-0.25, -0.2) is 9.48 Å². The van der Waals surface area contributed by atoms with Gasteiger partial charge in [-0.05, 0) is 56.7 Å². The number of para-hydroxylation sites is 1. The first-order valence-electron chi connectivity index (χ1n) is 10.7. The zero-order valence-corrected chi connectivity index (χ0v) is 17.2. The molecule has 0 bridgehead atoms. The first kappa shape index (κ1) is 20.2. The topological polar surface area (TPSA) is 112 Å². The van der Waals surface area contributed by atoms with Gasteiger partial charge in [-0.15, -0.1) is 0 Å². The molecule has 4 rings (SSSR count). The lowest BCUT2D eigenvalue weighted by atomic mass is 10.1. The van der Waals surface area contributed by atoms with E-state index in [0.717, 1.165) is 24.8 Å². The van der Waals surface area contributed by atoms with Crippen LogP contribution in [0.2, 0.25) is 0 Å². The second kappa shape index (κ2) is 9.18. The van der Waals surface area contributed by atoms with E-state index in [0.29, 0.717) is 42.4 Å². The van der Waals surface area contributed by atoms with Crippen molar-refractivity contribution in [1.29, 1.82) is 5.26 Å². The molecule has 2 aliphatic rings. The van der Waals surface area contributed by atoms with Crippen LogP contribution in [0.1, 0.15) is 36.9 Å². The Morgan fingerprint density at radius 3 is 2.77 bits per heavy atom. The number of benzene rings is 1. The van der Waals surface area contributed by atoms with Crippen LogP contribution in [-0.2, 0) is 6.42 Å². The van der Waals surface area contributed by atoms with E-state index in [-0.39, 0.29) is 6.03 Å². The fourth-order valence-electron chi connectivity index (χ4n) is 4.10. The fourth-order valence-corrected chi connectivity index (χ4v) is 4.10. The van der Waals surface area contributed by atoms with E-state index in [2.05, 4.69) is 26.7 Å². The summed E-state index contributed by atoms with van der Waals surface area (Å²) in [6.45, 7) is 3.52. The molecule has 158 valence electrons. The number of carbonyl (C=O) groups is 1. The highest BCUT2D eigenvalue weighted by Gasteiger charge is 2.34. The van der Waals surface area contributed by atoms with Crippen molar-refractivity contribution in [2.24, 2.45) is 5.92 Å². The Labute approximate surface area is 177 Å². The van der Waals surface area contributed by atoms with Gasteiger partial charge in [0.2, 0.25) is 0 Å². The van der Waals surface area contributed by atoms with Crippen LogP contribution >= 0.6 is 0 Å². The summed E-state index contributed by atoms with van der Waals surface area (Å²) in [4.78, 5) is 14.6. The molecule has 4 N–H and O–H groups in total. The lowest BCUT2D eigenvalue weighted by molar-refractivity contribution is 0.238. The summed E-state index contributed by atoms with van der Waals surface area (Å²) in [6.07, 6.45) is 5.10. The number of anilines is 1. The van der Waals surface area contributed by atoms with Crippen molar-refractivity contribution in [1.82, 2.24) is 25.3 Å². The minimum atomic E-state index is -0.130.